The largest absolute Gasteiger partial charge is 0.462 e. The van der Waals surface area contributed by atoms with Crippen LogP contribution in [0.4, 0.5) is 0 Å². The summed E-state index contributed by atoms with van der Waals surface area (Å²) in [6.07, 6.45) is 10.4. The van der Waals surface area contributed by atoms with Crippen molar-refractivity contribution in [1.82, 2.24) is 0 Å². The molecule has 0 amide bonds. The van der Waals surface area contributed by atoms with E-state index in [9.17, 15) is 4.79 Å². The van der Waals surface area contributed by atoms with E-state index in [1.165, 1.54) is 12.8 Å². The maximum absolute atomic E-state index is 12.8. The third kappa shape index (κ3) is 2.66. The molecule has 0 heterocycles. The molecule has 6 unspecified atom stereocenters. The predicted molar refractivity (Wildman–Crippen MR) is 84.7 cm³/mol. The minimum atomic E-state index is -0.262. The zero-order valence-electron chi connectivity index (χ0n) is 14.0. The van der Waals surface area contributed by atoms with Crippen molar-refractivity contribution in [2.24, 2.45) is 35.0 Å². The first kappa shape index (κ1) is 15.1. The SMILES string of the molecule is CC1CCC(C(C)C)C(OC(=O)C2(C)CC3C=CC2C3)C1. The fourth-order valence-corrected chi connectivity index (χ4v) is 4.85. The average Bonchev–Trinajstić information content (AvgIpc) is 2.99. The summed E-state index contributed by atoms with van der Waals surface area (Å²) in [6, 6.07) is 0. The lowest BCUT2D eigenvalue weighted by Crippen LogP contribution is -2.41. The van der Waals surface area contributed by atoms with Crippen LogP contribution < -0.4 is 0 Å². The molecule has 0 aromatic carbocycles. The van der Waals surface area contributed by atoms with Gasteiger partial charge in [0.15, 0.2) is 0 Å². The molecule has 0 spiro atoms. The molecular weight excluding hydrogens is 260 g/mol. The Labute approximate surface area is 129 Å². The fraction of sp³-hybridized carbons (Fsp3) is 0.842. The Balaban J connectivity index is 1.69. The molecule has 3 aliphatic rings. The summed E-state index contributed by atoms with van der Waals surface area (Å²) < 4.78 is 6.10. The van der Waals surface area contributed by atoms with E-state index in [1.807, 2.05) is 0 Å². The summed E-state index contributed by atoms with van der Waals surface area (Å²) in [6.45, 7) is 8.95. The summed E-state index contributed by atoms with van der Waals surface area (Å²) in [4.78, 5) is 12.8. The second-order valence-corrected chi connectivity index (χ2v) is 8.38. The van der Waals surface area contributed by atoms with E-state index in [-0.39, 0.29) is 17.5 Å². The summed E-state index contributed by atoms with van der Waals surface area (Å²) in [5.41, 5.74) is -0.262. The Morgan fingerprint density at radius 3 is 2.57 bits per heavy atom. The van der Waals surface area contributed by atoms with E-state index in [2.05, 4.69) is 39.8 Å². The number of carbonyl (C=O) groups is 1. The Hall–Kier alpha value is -0.790. The van der Waals surface area contributed by atoms with Crippen molar-refractivity contribution in [2.45, 2.75) is 65.9 Å². The molecule has 0 radical (unpaired) electrons. The van der Waals surface area contributed by atoms with Crippen LogP contribution in [0.1, 0.15) is 59.8 Å². The second kappa shape index (κ2) is 5.44. The van der Waals surface area contributed by atoms with Crippen LogP contribution in [-0.2, 0) is 9.53 Å². The van der Waals surface area contributed by atoms with Crippen molar-refractivity contribution < 1.29 is 9.53 Å². The van der Waals surface area contributed by atoms with Crippen molar-refractivity contribution in [1.29, 1.82) is 0 Å². The smallest absolute Gasteiger partial charge is 0.312 e. The Kier molecular flexibility index (Phi) is 3.92. The first-order chi connectivity index (χ1) is 9.90. The van der Waals surface area contributed by atoms with Crippen LogP contribution in [0, 0.1) is 35.0 Å². The normalized spacial score (nSPS) is 45.3. The minimum Gasteiger partial charge on any atom is -0.462 e. The van der Waals surface area contributed by atoms with Gasteiger partial charge in [-0.2, -0.15) is 0 Å². The monoisotopic (exact) mass is 290 g/mol. The molecule has 0 aromatic heterocycles. The van der Waals surface area contributed by atoms with Crippen LogP contribution in [0.3, 0.4) is 0 Å². The number of esters is 1. The molecule has 0 saturated heterocycles. The molecule has 3 rings (SSSR count). The summed E-state index contributed by atoms with van der Waals surface area (Å²) in [5.74, 6) is 2.92. The summed E-state index contributed by atoms with van der Waals surface area (Å²) in [7, 11) is 0. The number of rotatable bonds is 3. The number of ether oxygens (including phenoxy) is 1. The van der Waals surface area contributed by atoms with Gasteiger partial charge in [0.25, 0.3) is 0 Å². The van der Waals surface area contributed by atoms with Crippen LogP contribution in [0.15, 0.2) is 12.2 Å². The van der Waals surface area contributed by atoms with Crippen LogP contribution >= 0.6 is 0 Å². The zero-order chi connectivity index (χ0) is 15.2. The van der Waals surface area contributed by atoms with E-state index < -0.39 is 0 Å². The van der Waals surface area contributed by atoms with Gasteiger partial charge in [0.1, 0.15) is 6.10 Å². The highest BCUT2D eigenvalue weighted by Gasteiger charge is 2.52. The van der Waals surface area contributed by atoms with Crippen LogP contribution in [0.2, 0.25) is 0 Å². The van der Waals surface area contributed by atoms with Gasteiger partial charge in [-0.25, -0.2) is 0 Å². The third-order valence-corrected chi connectivity index (χ3v) is 6.36. The number of fused-ring (bicyclic) bond motifs is 2. The molecule has 2 fully saturated rings. The highest BCUT2D eigenvalue weighted by atomic mass is 16.5. The van der Waals surface area contributed by atoms with Crippen molar-refractivity contribution in [3.63, 3.8) is 0 Å². The van der Waals surface area contributed by atoms with Crippen LogP contribution in [0.25, 0.3) is 0 Å². The number of carbonyl (C=O) groups excluding carboxylic acids is 1. The summed E-state index contributed by atoms with van der Waals surface area (Å²) >= 11 is 0. The molecule has 6 atom stereocenters. The molecule has 118 valence electrons. The van der Waals surface area contributed by atoms with Gasteiger partial charge >= 0.3 is 5.97 Å². The molecule has 2 heteroatoms. The standard InChI is InChI=1S/C19H30O2/c1-12(2)16-8-5-13(3)9-17(16)21-18(20)19(4)11-14-6-7-15(19)10-14/h6-7,12-17H,5,8-11H2,1-4H3. The molecule has 3 aliphatic carbocycles. The Morgan fingerprint density at radius 1 is 1.24 bits per heavy atom. The second-order valence-electron chi connectivity index (χ2n) is 8.38. The lowest BCUT2D eigenvalue weighted by molar-refractivity contribution is -0.169. The van der Waals surface area contributed by atoms with Gasteiger partial charge in [-0.1, -0.05) is 39.3 Å². The van der Waals surface area contributed by atoms with Crippen LogP contribution in [-0.4, -0.2) is 12.1 Å². The van der Waals surface area contributed by atoms with Gasteiger partial charge < -0.3 is 4.74 Å². The van der Waals surface area contributed by atoms with Gasteiger partial charge in [-0.05, 0) is 62.2 Å². The lowest BCUT2D eigenvalue weighted by Gasteiger charge is -2.39. The third-order valence-electron chi connectivity index (χ3n) is 6.36. The molecular formula is C19H30O2. The first-order valence-electron chi connectivity index (χ1n) is 8.79. The lowest BCUT2D eigenvalue weighted by atomic mass is 9.74. The first-order valence-corrected chi connectivity index (χ1v) is 8.79. The van der Waals surface area contributed by atoms with E-state index >= 15 is 0 Å². The van der Waals surface area contributed by atoms with Gasteiger partial charge in [-0.3, -0.25) is 4.79 Å². The molecule has 2 saturated carbocycles. The molecule has 21 heavy (non-hydrogen) atoms. The van der Waals surface area contributed by atoms with Crippen LogP contribution in [0.5, 0.6) is 0 Å². The highest BCUT2D eigenvalue weighted by Crippen LogP contribution is 2.53. The molecule has 2 bridgehead atoms. The highest BCUT2D eigenvalue weighted by molar-refractivity contribution is 5.78. The van der Waals surface area contributed by atoms with Crippen molar-refractivity contribution in [2.75, 3.05) is 0 Å². The van der Waals surface area contributed by atoms with E-state index in [0.717, 1.165) is 19.3 Å². The van der Waals surface area contributed by atoms with E-state index in [4.69, 9.17) is 4.74 Å². The Bertz CT molecular complexity index is 439. The minimum absolute atomic E-state index is 0.0732. The van der Waals surface area contributed by atoms with Crippen molar-refractivity contribution >= 4 is 5.97 Å². The van der Waals surface area contributed by atoms with Gasteiger partial charge in [0, 0.05) is 0 Å². The average molecular weight is 290 g/mol. The fourth-order valence-electron chi connectivity index (χ4n) is 4.85. The quantitative estimate of drug-likeness (QED) is 0.561. The van der Waals surface area contributed by atoms with E-state index in [0.29, 0.717) is 29.6 Å². The Morgan fingerprint density at radius 2 is 2.00 bits per heavy atom. The zero-order valence-corrected chi connectivity index (χ0v) is 14.0. The van der Waals surface area contributed by atoms with Gasteiger partial charge in [-0.15, -0.1) is 0 Å². The van der Waals surface area contributed by atoms with Gasteiger partial charge in [0.05, 0.1) is 5.41 Å². The van der Waals surface area contributed by atoms with Gasteiger partial charge in [0.2, 0.25) is 0 Å². The topological polar surface area (TPSA) is 26.3 Å². The number of allylic oxidation sites excluding steroid dienone is 2. The van der Waals surface area contributed by atoms with Crippen molar-refractivity contribution in [3.8, 4) is 0 Å². The molecule has 2 nitrogen and oxygen atoms in total. The maximum atomic E-state index is 12.8. The summed E-state index contributed by atoms with van der Waals surface area (Å²) in [5, 5.41) is 0. The predicted octanol–water partition coefficient (Wildman–Crippen LogP) is 4.59. The molecule has 0 aromatic rings. The molecule has 0 aliphatic heterocycles. The molecule has 0 N–H and O–H groups in total. The number of hydrogen-bond acceptors (Lipinski definition) is 2. The maximum Gasteiger partial charge on any atom is 0.312 e. The van der Waals surface area contributed by atoms with Crippen molar-refractivity contribution in [3.05, 3.63) is 12.2 Å². The number of hydrogen-bond donors (Lipinski definition) is 0. The van der Waals surface area contributed by atoms with E-state index in [1.54, 1.807) is 0 Å².